The molecule has 0 atom stereocenters. The van der Waals surface area contributed by atoms with Crippen molar-refractivity contribution >= 4 is 45.6 Å². The zero-order valence-electron chi connectivity index (χ0n) is 14.3. The molecule has 0 saturated heterocycles. The normalized spacial score (nSPS) is 10.5. The van der Waals surface area contributed by atoms with E-state index >= 15 is 0 Å². The third-order valence-electron chi connectivity index (χ3n) is 3.65. The molecule has 0 spiro atoms. The van der Waals surface area contributed by atoms with Crippen LogP contribution in [0.1, 0.15) is 22.5 Å². The van der Waals surface area contributed by atoms with Crippen molar-refractivity contribution in [1.29, 1.82) is 0 Å². The van der Waals surface area contributed by atoms with Crippen molar-refractivity contribution in [3.05, 3.63) is 74.4 Å². The lowest BCUT2D eigenvalue weighted by Gasteiger charge is -2.05. The van der Waals surface area contributed by atoms with Crippen LogP contribution in [0.5, 0.6) is 0 Å². The Balaban J connectivity index is 1.53. The van der Waals surface area contributed by atoms with Gasteiger partial charge in [-0.2, -0.15) is 0 Å². The number of amides is 2. The van der Waals surface area contributed by atoms with Gasteiger partial charge in [-0.25, -0.2) is 9.37 Å². The number of nitrogens with one attached hydrogen (secondary N) is 3. The maximum Gasteiger partial charge on any atom is 0.263 e. The fraction of sp³-hybridized carbons (Fsp3) is 0.111. The van der Waals surface area contributed by atoms with Gasteiger partial charge < -0.3 is 10.3 Å². The van der Waals surface area contributed by atoms with Crippen LogP contribution < -0.4 is 16.2 Å². The number of aromatic nitrogens is 2. The van der Waals surface area contributed by atoms with Crippen LogP contribution >= 0.6 is 22.9 Å². The first-order valence-corrected chi connectivity index (χ1v) is 9.36. The van der Waals surface area contributed by atoms with Gasteiger partial charge in [0.15, 0.2) is 5.13 Å². The van der Waals surface area contributed by atoms with Crippen LogP contribution in [0.2, 0.25) is 5.02 Å². The van der Waals surface area contributed by atoms with Gasteiger partial charge in [0.05, 0.1) is 10.7 Å². The number of hydrogen-bond donors (Lipinski definition) is 3. The minimum absolute atomic E-state index is 0.0170. The molecule has 0 radical (unpaired) electrons. The summed E-state index contributed by atoms with van der Waals surface area (Å²) >= 11 is 6.87. The molecule has 7 nitrogen and oxygen atoms in total. The second-order valence-corrected chi connectivity index (χ2v) is 6.95. The number of hydrogen-bond acceptors (Lipinski definition) is 5. The lowest BCUT2D eigenvalue weighted by atomic mass is 10.2. The van der Waals surface area contributed by atoms with Crippen LogP contribution in [0, 0.1) is 5.82 Å². The number of anilines is 2. The highest BCUT2D eigenvalue weighted by atomic mass is 35.5. The zero-order valence-corrected chi connectivity index (χ0v) is 15.9. The molecule has 2 heterocycles. The second kappa shape index (κ2) is 8.77. The van der Waals surface area contributed by atoms with E-state index in [1.54, 1.807) is 11.4 Å². The molecule has 2 amide bonds. The number of carbonyl (C=O) groups is 2. The summed E-state index contributed by atoms with van der Waals surface area (Å²) in [6.07, 6.45) is 1.93. The van der Waals surface area contributed by atoms with Gasteiger partial charge in [0.25, 0.3) is 11.5 Å². The number of thiazole rings is 1. The predicted molar refractivity (Wildman–Crippen MR) is 105 cm³/mol. The van der Waals surface area contributed by atoms with E-state index in [-0.39, 0.29) is 22.9 Å². The first-order valence-electron chi connectivity index (χ1n) is 8.11. The molecule has 3 aromatic rings. The van der Waals surface area contributed by atoms with Crippen LogP contribution in [0.25, 0.3) is 0 Å². The van der Waals surface area contributed by atoms with E-state index in [0.29, 0.717) is 22.9 Å². The highest BCUT2D eigenvalue weighted by molar-refractivity contribution is 7.14. The lowest BCUT2D eigenvalue weighted by Crippen LogP contribution is -2.22. The van der Waals surface area contributed by atoms with E-state index < -0.39 is 17.3 Å². The molecule has 28 heavy (non-hydrogen) atoms. The number of benzene rings is 1. The molecule has 0 unspecified atom stereocenters. The number of aryl methyl sites for hydroxylation is 1. The Morgan fingerprint density at radius 2 is 2.07 bits per heavy atom. The maximum absolute atomic E-state index is 13.1. The Labute approximate surface area is 167 Å². The number of carbonyl (C=O) groups excluding carboxylic acids is 2. The van der Waals surface area contributed by atoms with Gasteiger partial charge in [-0.15, -0.1) is 11.3 Å². The first-order chi connectivity index (χ1) is 13.4. The van der Waals surface area contributed by atoms with E-state index in [4.69, 9.17) is 11.6 Å². The van der Waals surface area contributed by atoms with Crippen molar-refractivity contribution in [1.82, 2.24) is 9.97 Å². The van der Waals surface area contributed by atoms with E-state index in [1.807, 2.05) is 0 Å². The second-order valence-electron chi connectivity index (χ2n) is 5.69. The molecular formula is C18H14ClFN4O3S. The maximum atomic E-state index is 13.1. The van der Waals surface area contributed by atoms with Crippen molar-refractivity contribution in [2.24, 2.45) is 0 Å². The van der Waals surface area contributed by atoms with Crippen molar-refractivity contribution in [2.75, 3.05) is 10.6 Å². The molecule has 0 aliphatic carbocycles. The summed E-state index contributed by atoms with van der Waals surface area (Å²) in [7, 11) is 0. The molecule has 0 aliphatic heterocycles. The molecule has 2 aromatic heterocycles. The highest BCUT2D eigenvalue weighted by Crippen LogP contribution is 2.20. The van der Waals surface area contributed by atoms with Gasteiger partial charge in [-0.3, -0.25) is 19.7 Å². The monoisotopic (exact) mass is 420 g/mol. The summed E-state index contributed by atoms with van der Waals surface area (Å²) in [5.41, 5.74) is 0.510. The molecule has 0 fully saturated rings. The number of nitrogens with zero attached hydrogens (tertiary/aromatic N) is 1. The van der Waals surface area contributed by atoms with Crippen LogP contribution in [0.3, 0.4) is 0 Å². The highest BCUT2D eigenvalue weighted by Gasteiger charge is 2.13. The molecule has 0 bridgehead atoms. The Bertz CT molecular complexity index is 1080. The molecule has 0 saturated carbocycles. The van der Waals surface area contributed by atoms with Gasteiger partial charge in [-0.1, -0.05) is 11.6 Å². The standard InChI is InChI=1S/C18H14ClFN4O3S/c19-13-8-10(3-5-14(13)20)22-15(25)6-4-11-9-28-18(23-11)24-17(27)12-2-1-7-21-16(12)26/h1-3,5,7-9H,4,6H2,(H,21,26)(H,22,25)(H,23,24,27). The van der Waals surface area contributed by atoms with Crippen molar-refractivity contribution in [3.63, 3.8) is 0 Å². The quantitative estimate of drug-likeness (QED) is 0.568. The minimum atomic E-state index is -0.561. The van der Waals surface area contributed by atoms with E-state index in [1.165, 1.54) is 41.8 Å². The number of pyridine rings is 1. The molecule has 1 aromatic carbocycles. The predicted octanol–water partition coefficient (Wildman–Crippen LogP) is 3.45. The van der Waals surface area contributed by atoms with Crippen molar-refractivity contribution < 1.29 is 14.0 Å². The fourth-order valence-corrected chi connectivity index (χ4v) is 3.20. The van der Waals surface area contributed by atoms with Crippen molar-refractivity contribution in [3.8, 4) is 0 Å². The smallest absolute Gasteiger partial charge is 0.263 e. The fourth-order valence-electron chi connectivity index (χ4n) is 2.28. The Morgan fingerprint density at radius 1 is 1.25 bits per heavy atom. The van der Waals surface area contributed by atoms with Crippen LogP contribution in [0.4, 0.5) is 15.2 Å². The Morgan fingerprint density at radius 3 is 2.82 bits per heavy atom. The van der Waals surface area contributed by atoms with Crippen molar-refractivity contribution in [2.45, 2.75) is 12.8 Å². The topological polar surface area (TPSA) is 104 Å². The average molecular weight is 421 g/mol. The zero-order chi connectivity index (χ0) is 20.1. The minimum Gasteiger partial charge on any atom is -0.328 e. The largest absolute Gasteiger partial charge is 0.328 e. The number of rotatable bonds is 6. The molecule has 3 N–H and O–H groups in total. The molecule has 10 heteroatoms. The average Bonchev–Trinajstić information content (AvgIpc) is 3.11. The summed E-state index contributed by atoms with van der Waals surface area (Å²) in [6.45, 7) is 0. The Hall–Kier alpha value is -3.04. The summed E-state index contributed by atoms with van der Waals surface area (Å²) in [5.74, 6) is -1.40. The lowest BCUT2D eigenvalue weighted by molar-refractivity contribution is -0.116. The van der Waals surface area contributed by atoms with Gasteiger partial charge in [0, 0.05) is 23.7 Å². The SMILES string of the molecule is O=C(CCc1csc(NC(=O)c2ccc[nH]c2=O)n1)Nc1ccc(F)c(Cl)c1. The first kappa shape index (κ1) is 19.7. The van der Waals surface area contributed by atoms with Gasteiger partial charge in [0.1, 0.15) is 11.4 Å². The molecule has 3 rings (SSSR count). The van der Waals surface area contributed by atoms with Gasteiger partial charge in [-0.05, 0) is 36.8 Å². The third-order valence-corrected chi connectivity index (χ3v) is 4.74. The third kappa shape index (κ3) is 5.02. The van der Waals surface area contributed by atoms with Crippen LogP contribution in [-0.4, -0.2) is 21.8 Å². The van der Waals surface area contributed by atoms with E-state index in [9.17, 15) is 18.8 Å². The molecular weight excluding hydrogens is 407 g/mol. The van der Waals surface area contributed by atoms with Crippen LogP contribution in [0.15, 0.2) is 46.7 Å². The van der Waals surface area contributed by atoms with Gasteiger partial charge >= 0.3 is 0 Å². The van der Waals surface area contributed by atoms with E-state index in [2.05, 4.69) is 20.6 Å². The molecule has 0 aliphatic rings. The van der Waals surface area contributed by atoms with Crippen LogP contribution in [-0.2, 0) is 11.2 Å². The van der Waals surface area contributed by atoms with E-state index in [0.717, 1.165) is 0 Å². The summed E-state index contributed by atoms with van der Waals surface area (Å²) in [5, 5.41) is 7.15. The number of aromatic amines is 1. The summed E-state index contributed by atoms with van der Waals surface area (Å²) < 4.78 is 13.1. The number of H-pyrrole nitrogens is 1. The summed E-state index contributed by atoms with van der Waals surface area (Å²) in [4.78, 5) is 42.4. The Kier molecular flexibility index (Phi) is 6.17. The molecule has 144 valence electrons. The number of halogens is 2. The summed E-state index contributed by atoms with van der Waals surface area (Å²) in [6, 6.07) is 6.88. The van der Waals surface area contributed by atoms with Gasteiger partial charge in [0.2, 0.25) is 5.91 Å².